The molecule has 1 aliphatic rings. The minimum Gasteiger partial charge on any atom is -0.338 e. The highest BCUT2D eigenvalue weighted by molar-refractivity contribution is 6.31. The Kier molecular flexibility index (Phi) is 4.48. The van der Waals surface area contributed by atoms with E-state index in [9.17, 15) is 4.39 Å². The zero-order valence-electron chi connectivity index (χ0n) is 11.5. The van der Waals surface area contributed by atoms with E-state index in [-0.39, 0.29) is 5.02 Å². The maximum absolute atomic E-state index is 13.2. The molecule has 7 heteroatoms. The summed E-state index contributed by atoms with van der Waals surface area (Å²) in [7, 11) is 0. The molecular formula is C14H16ClFN4O. The third-order valence-corrected chi connectivity index (χ3v) is 3.73. The van der Waals surface area contributed by atoms with E-state index in [0.717, 1.165) is 32.6 Å². The maximum atomic E-state index is 13.2. The van der Waals surface area contributed by atoms with E-state index in [1.165, 1.54) is 12.1 Å². The number of benzene rings is 1. The van der Waals surface area contributed by atoms with E-state index >= 15 is 0 Å². The Bertz CT molecular complexity index is 611. The predicted molar refractivity (Wildman–Crippen MR) is 77.5 cm³/mol. The van der Waals surface area contributed by atoms with E-state index < -0.39 is 5.82 Å². The molecule has 2 aromatic rings. The van der Waals surface area contributed by atoms with Gasteiger partial charge in [0.05, 0.1) is 11.6 Å². The van der Waals surface area contributed by atoms with Crippen molar-refractivity contribution in [1.29, 1.82) is 0 Å². The molecule has 5 nitrogen and oxygen atoms in total. The third kappa shape index (κ3) is 3.58. The van der Waals surface area contributed by atoms with Crippen molar-refractivity contribution < 1.29 is 8.91 Å². The van der Waals surface area contributed by atoms with Gasteiger partial charge in [-0.3, -0.25) is 4.90 Å². The molecule has 0 saturated carbocycles. The van der Waals surface area contributed by atoms with E-state index in [4.69, 9.17) is 16.1 Å². The van der Waals surface area contributed by atoms with Gasteiger partial charge in [-0.1, -0.05) is 16.8 Å². The molecule has 0 amide bonds. The van der Waals surface area contributed by atoms with Gasteiger partial charge in [0.25, 0.3) is 0 Å². The van der Waals surface area contributed by atoms with Crippen molar-refractivity contribution in [3.8, 4) is 11.4 Å². The second-order valence-corrected chi connectivity index (χ2v) is 5.43. The molecule has 0 spiro atoms. The fourth-order valence-corrected chi connectivity index (χ4v) is 2.50. The van der Waals surface area contributed by atoms with Crippen molar-refractivity contribution in [3.63, 3.8) is 0 Å². The van der Waals surface area contributed by atoms with Crippen LogP contribution in [-0.4, -0.2) is 41.2 Å². The second kappa shape index (κ2) is 6.51. The molecule has 0 unspecified atom stereocenters. The van der Waals surface area contributed by atoms with E-state index in [1.807, 2.05) is 0 Å². The lowest BCUT2D eigenvalue weighted by Gasteiger charge is -2.16. The van der Waals surface area contributed by atoms with Crippen LogP contribution in [0.15, 0.2) is 22.7 Å². The average Bonchev–Trinajstić information content (AvgIpc) is 2.78. The van der Waals surface area contributed by atoms with Crippen LogP contribution in [0.5, 0.6) is 0 Å². The summed E-state index contributed by atoms with van der Waals surface area (Å²) in [6.45, 7) is 4.60. The topological polar surface area (TPSA) is 54.2 Å². The molecule has 1 fully saturated rings. The lowest BCUT2D eigenvalue weighted by molar-refractivity contribution is 0.239. The summed E-state index contributed by atoms with van der Waals surface area (Å²) in [6.07, 6.45) is 1.11. The Hall–Kier alpha value is -1.50. The van der Waals surface area contributed by atoms with Gasteiger partial charge in [-0.2, -0.15) is 4.98 Å². The van der Waals surface area contributed by atoms with Crippen LogP contribution >= 0.6 is 11.6 Å². The zero-order valence-corrected chi connectivity index (χ0v) is 12.2. The smallest absolute Gasteiger partial charge is 0.241 e. The summed E-state index contributed by atoms with van der Waals surface area (Å²) in [5, 5.41) is 7.34. The fourth-order valence-electron chi connectivity index (χ4n) is 2.32. The van der Waals surface area contributed by atoms with Gasteiger partial charge in [-0.15, -0.1) is 0 Å². The van der Waals surface area contributed by atoms with Crippen LogP contribution in [0.25, 0.3) is 11.4 Å². The number of nitrogens with one attached hydrogen (secondary N) is 1. The van der Waals surface area contributed by atoms with Crippen molar-refractivity contribution in [2.24, 2.45) is 0 Å². The number of aromatic nitrogens is 2. The van der Waals surface area contributed by atoms with Gasteiger partial charge in [-0.25, -0.2) is 4.39 Å². The first-order valence-electron chi connectivity index (χ1n) is 6.93. The highest BCUT2D eigenvalue weighted by atomic mass is 35.5. The Morgan fingerprint density at radius 2 is 2.24 bits per heavy atom. The number of hydrogen-bond donors (Lipinski definition) is 1. The lowest BCUT2D eigenvalue weighted by Crippen LogP contribution is -2.27. The third-order valence-electron chi connectivity index (χ3n) is 3.44. The molecule has 0 bridgehead atoms. The van der Waals surface area contributed by atoms with Crippen LogP contribution in [0.4, 0.5) is 4.39 Å². The molecule has 0 radical (unpaired) electrons. The number of hydrogen-bond acceptors (Lipinski definition) is 5. The largest absolute Gasteiger partial charge is 0.338 e. The first-order chi connectivity index (χ1) is 10.2. The molecule has 3 rings (SSSR count). The molecule has 1 aromatic heterocycles. The van der Waals surface area contributed by atoms with Crippen molar-refractivity contribution >= 4 is 11.6 Å². The van der Waals surface area contributed by atoms with Crippen molar-refractivity contribution in [1.82, 2.24) is 20.4 Å². The molecular weight excluding hydrogens is 295 g/mol. The normalized spacial score (nSPS) is 16.9. The van der Waals surface area contributed by atoms with Crippen LogP contribution in [-0.2, 0) is 6.54 Å². The minimum atomic E-state index is -0.457. The van der Waals surface area contributed by atoms with Crippen molar-refractivity contribution in [2.75, 3.05) is 26.2 Å². The van der Waals surface area contributed by atoms with Gasteiger partial charge in [0.15, 0.2) is 0 Å². The second-order valence-electron chi connectivity index (χ2n) is 5.02. The Morgan fingerprint density at radius 3 is 3.10 bits per heavy atom. The quantitative estimate of drug-likeness (QED) is 0.943. The monoisotopic (exact) mass is 310 g/mol. The highest BCUT2D eigenvalue weighted by Crippen LogP contribution is 2.23. The molecule has 0 aliphatic carbocycles. The van der Waals surface area contributed by atoms with Crippen LogP contribution in [0, 0.1) is 5.82 Å². The molecule has 1 N–H and O–H groups in total. The molecule has 2 heterocycles. The van der Waals surface area contributed by atoms with E-state index in [1.54, 1.807) is 6.07 Å². The van der Waals surface area contributed by atoms with Crippen LogP contribution < -0.4 is 5.32 Å². The van der Waals surface area contributed by atoms with Gasteiger partial charge in [0, 0.05) is 18.7 Å². The Morgan fingerprint density at radius 1 is 1.33 bits per heavy atom. The van der Waals surface area contributed by atoms with Gasteiger partial charge >= 0.3 is 0 Å². The number of rotatable bonds is 3. The minimum absolute atomic E-state index is 0.0532. The molecule has 1 aromatic carbocycles. The van der Waals surface area contributed by atoms with Crippen LogP contribution in [0.3, 0.4) is 0 Å². The maximum Gasteiger partial charge on any atom is 0.241 e. The first kappa shape index (κ1) is 14.4. The van der Waals surface area contributed by atoms with E-state index in [2.05, 4.69) is 20.4 Å². The standard InChI is InChI=1S/C14H16ClFN4O/c15-11-8-10(2-3-12(11)16)14-18-13(21-19-14)9-20-6-1-4-17-5-7-20/h2-3,8,17H,1,4-7,9H2. The SMILES string of the molecule is Fc1ccc(-c2noc(CN3CCCNCC3)n2)cc1Cl. The molecule has 21 heavy (non-hydrogen) atoms. The summed E-state index contributed by atoms with van der Waals surface area (Å²) < 4.78 is 18.4. The summed E-state index contributed by atoms with van der Waals surface area (Å²) in [5.41, 5.74) is 0.647. The summed E-state index contributed by atoms with van der Waals surface area (Å²) in [5.74, 6) is 0.536. The number of nitrogens with zero attached hydrogens (tertiary/aromatic N) is 3. The average molecular weight is 311 g/mol. The Balaban J connectivity index is 1.71. The number of halogens is 2. The zero-order chi connectivity index (χ0) is 14.7. The predicted octanol–water partition coefficient (Wildman–Crippen LogP) is 2.32. The molecule has 0 atom stereocenters. The first-order valence-corrected chi connectivity index (χ1v) is 7.31. The summed E-state index contributed by atoms with van der Waals surface area (Å²) in [4.78, 5) is 6.63. The summed E-state index contributed by atoms with van der Waals surface area (Å²) >= 11 is 5.77. The van der Waals surface area contributed by atoms with Gasteiger partial charge < -0.3 is 9.84 Å². The molecule has 1 saturated heterocycles. The van der Waals surface area contributed by atoms with Crippen LogP contribution in [0.2, 0.25) is 5.02 Å². The highest BCUT2D eigenvalue weighted by Gasteiger charge is 2.15. The van der Waals surface area contributed by atoms with Gasteiger partial charge in [0.2, 0.25) is 11.7 Å². The van der Waals surface area contributed by atoms with Gasteiger partial charge in [-0.05, 0) is 37.7 Å². The van der Waals surface area contributed by atoms with Crippen LogP contribution in [0.1, 0.15) is 12.3 Å². The lowest BCUT2D eigenvalue weighted by atomic mass is 10.2. The van der Waals surface area contributed by atoms with Crippen molar-refractivity contribution in [2.45, 2.75) is 13.0 Å². The summed E-state index contributed by atoms with van der Waals surface area (Å²) in [6, 6.07) is 4.39. The Labute approximate surface area is 127 Å². The van der Waals surface area contributed by atoms with Crippen molar-refractivity contribution in [3.05, 3.63) is 34.9 Å². The molecule has 112 valence electrons. The van der Waals surface area contributed by atoms with E-state index in [0.29, 0.717) is 23.8 Å². The fraction of sp³-hybridized carbons (Fsp3) is 0.429. The van der Waals surface area contributed by atoms with Gasteiger partial charge in [0.1, 0.15) is 5.82 Å². The molecule has 1 aliphatic heterocycles.